The van der Waals surface area contributed by atoms with Crippen LogP contribution in [0.3, 0.4) is 0 Å². The smallest absolute Gasteiger partial charge is 0.223 e. The Morgan fingerprint density at radius 1 is 0.447 bits per heavy atom. The molecule has 3 saturated carbocycles. The number of fused-ring (bicyclic) bond motifs is 12. The second-order valence-corrected chi connectivity index (χ2v) is 37.3. The van der Waals surface area contributed by atoms with Crippen molar-refractivity contribution in [2.45, 2.75) is 242 Å². The Kier molecular flexibility index (Phi) is 24.3. The second-order valence-electron chi connectivity index (χ2n) is 37.3. The molecule has 0 radical (unpaired) electrons. The van der Waals surface area contributed by atoms with Crippen molar-refractivity contribution in [1.29, 1.82) is 0 Å². The summed E-state index contributed by atoms with van der Waals surface area (Å²) in [6.45, 7) is 19.6. The highest BCUT2D eigenvalue weighted by Gasteiger charge is 2.44. The van der Waals surface area contributed by atoms with Crippen LogP contribution in [0.25, 0.3) is 66.2 Å². The van der Waals surface area contributed by atoms with Crippen molar-refractivity contribution in [1.82, 2.24) is 117 Å². The Bertz CT molecular complexity index is 6800. The van der Waals surface area contributed by atoms with Gasteiger partial charge in [-0.05, 0) is 199 Å². The molecular weight excluding hydrogens is 1700 g/mol. The van der Waals surface area contributed by atoms with Gasteiger partial charge in [0.05, 0.1) is 120 Å². The van der Waals surface area contributed by atoms with Gasteiger partial charge in [-0.1, -0.05) is 13.8 Å². The van der Waals surface area contributed by atoms with Gasteiger partial charge < -0.3 is 67.9 Å². The van der Waals surface area contributed by atoms with Crippen LogP contribution in [0.15, 0.2) is 98.1 Å². The summed E-state index contributed by atoms with van der Waals surface area (Å²) in [7, 11) is 2.81. The van der Waals surface area contributed by atoms with E-state index in [-0.39, 0.29) is 77.2 Å². The third-order valence-corrected chi connectivity index (χ3v) is 25.8. The van der Waals surface area contributed by atoms with Crippen molar-refractivity contribution < 1.29 is 57.7 Å². The standard InChI is InChI=1S/2C24H30FN7O2.C22H27FN8O2.C21H24FN7O2/c2*1-4-14-8-17(25)9-18-19(14)28-22(26)32-21(18)29-20(30-32)15-6-5-7-24(34,10-15)16-11-27-31(12-16)13-23(2,3)33;1-22(2,12-32)30-11-14(9-25-30)29-6-4-5-13(10-29)19-27-20-15-7-16(23)18(33-3)8-17(15)26-21(24)31(20)28-19;1-3-28-11-13(10-24-28)21(30)6-4-5-12(9-21)18-26-19-14-7-15(22)17(31-2)8-16(14)25-20(23)29(19)27-18/h2*8-9,11-12,15,33-34H,4-7,10,13H2,1-3H3,(H2,26,28);7-9,11,13,32H,4-6,10,12H2,1-3H3,(H2,24,26);7-8,10-12,30H,3-6,9H2,1-2H3,(H2,23,25)/t2*15-,24-;13-;12-,21-/m1011/s1. The van der Waals surface area contributed by atoms with Gasteiger partial charge in [-0.25, -0.2) is 57.4 Å². The largest absolute Gasteiger partial charge is 0.494 e. The van der Waals surface area contributed by atoms with Crippen LogP contribution >= 0.6 is 0 Å². The summed E-state index contributed by atoms with van der Waals surface area (Å²) in [6, 6.07) is 11.5. The van der Waals surface area contributed by atoms with E-state index in [0.717, 1.165) is 93.4 Å². The lowest BCUT2D eigenvalue weighted by atomic mass is 9.75. The maximum atomic E-state index is 14.4. The van der Waals surface area contributed by atoms with Crippen LogP contribution in [-0.4, -0.2) is 193 Å². The average Bonchev–Trinajstić information content (AvgIpc) is 1.59. The minimum absolute atomic E-state index is 0.00219. The number of aryl methyl sites for hydroxylation is 3. The number of rotatable bonds is 19. The molecule has 14 N–H and O–H groups in total. The highest BCUT2D eigenvalue weighted by atomic mass is 19.1. The van der Waals surface area contributed by atoms with Crippen LogP contribution in [0.2, 0.25) is 0 Å². The molecule has 41 heteroatoms. The minimum Gasteiger partial charge on any atom is -0.494 e. The lowest BCUT2D eigenvalue weighted by Crippen LogP contribution is -2.35. The van der Waals surface area contributed by atoms with Crippen molar-refractivity contribution in [2.75, 3.05) is 61.8 Å². The fourth-order valence-electron chi connectivity index (χ4n) is 18.9. The molecule has 0 spiro atoms. The first-order valence-corrected chi connectivity index (χ1v) is 44.6. The summed E-state index contributed by atoms with van der Waals surface area (Å²) in [6.07, 6.45) is 25.5. The summed E-state index contributed by atoms with van der Waals surface area (Å²) in [5.41, 5.74) is 28.1. The van der Waals surface area contributed by atoms with Gasteiger partial charge in [-0.3, -0.25) is 18.7 Å². The molecule has 16 aromatic rings. The summed E-state index contributed by atoms with van der Waals surface area (Å²) >= 11 is 0. The highest BCUT2D eigenvalue weighted by molar-refractivity contribution is 5.96. The Morgan fingerprint density at radius 3 is 1.19 bits per heavy atom. The maximum absolute atomic E-state index is 14.4. The zero-order chi connectivity index (χ0) is 93.6. The molecular formula is C91H111F4N29O8. The highest BCUT2D eigenvalue weighted by Crippen LogP contribution is 2.48. The van der Waals surface area contributed by atoms with Crippen LogP contribution < -0.4 is 37.3 Å². The van der Waals surface area contributed by atoms with E-state index in [1.54, 1.807) is 77.4 Å². The molecule has 4 fully saturated rings. The molecule has 12 aromatic heterocycles. The number of aliphatic hydroxyl groups excluding tert-OH is 1. The van der Waals surface area contributed by atoms with Gasteiger partial charge in [0.25, 0.3) is 0 Å². The topological polar surface area (TPSA) is 491 Å². The monoisotopic (exact) mass is 1810 g/mol. The van der Waals surface area contributed by atoms with Gasteiger partial charge in [0.15, 0.2) is 69.0 Å². The number of aliphatic hydroxyl groups is 6. The number of ether oxygens (including phenoxy) is 2. The van der Waals surface area contributed by atoms with Crippen LogP contribution in [0.1, 0.15) is 227 Å². The van der Waals surface area contributed by atoms with E-state index in [2.05, 4.69) is 65.6 Å². The Hall–Kier alpha value is -13.0. The lowest BCUT2D eigenvalue weighted by Gasteiger charge is -2.35. The lowest BCUT2D eigenvalue weighted by molar-refractivity contribution is -0.00997. The predicted octanol–water partition coefficient (Wildman–Crippen LogP) is 11.2. The number of hydrogen-bond donors (Lipinski definition) is 10. The average molecular weight is 1820 g/mol. The summed E-state index contributed by atoms with van der Waals surface area (Å²) < 4.78 is 80.2. The molecule has 4 aliphatic rings. The van der Waals surface area contributed by atoms with Crippen LogP contribution in [0.4, 0.5) is 47.0 Å². The molecule has 13 heterocycles. The fourth-order valence-corrected chi connectivity index (χ4v) is 18.9. The van der Waals surface area contributed by atoms with E-state index in [0.29, 0.717) is 165 Å². The number of anilines is 5. The SMILES string of the molecule is CCc1cc(F)cc2c1nc(N)n1nc([C@@H]3CCC[C@](O)(c4cnn(CC(C)(C)O)c4)C3)nc21.CCc1cc(F)cc2c1nc(N)n1nc([C@H]3CCC[C@@](O)(c4cnn(CC(C)(C)O)c4)C3)nc21.CCn1cc([C@@]2(O)CCC[C@@H](c3nc4c5cc(F)c(OC)cc5nc(N)n4n3)C2)cn1.COc1cc2nc(N)n3nc([C@@H]4CCCN(c5cnn(C(C)(C)CO)c5)C4)nc3c2cc1F. The van der Waals surface area contributed by atoms with Gasteiger partial charge in [-0.2, -0.15) is 38.5 Å². The van der Waals surface area contributed by atoms with E-state index in [9.17, 15) is 48.2 Å². The zero-order valence-corrected chi connectivity index (χ0v) is 75.6. The van der Waals surface area contributed by atoms with E-state index in [4.69, 9.17) is 52.3 Å². The second kappa shape index (κ2) is 35.3. The molecule has 7 atom stereocenters. The maximum Gasteiger partial charge on any atom is 0.223 e. The van der Waals surface area contributed by atoms with Gasteiger partial charge >= 0.3 is 0 Å². The van der Waals surface area contributed by atoms with E-state index >= 15 is 0 Å². The molecule has 20 rings (SSSR count). The molecule has 37 nitrogen and oxygen atoms in total. The fraction of sp³-hybridized carbons (Fsp3) is 0.473. The van der Waals surface area contributed by atoms with Crippen LogP contribution in [0, 0.1) is 23.3 Å². The van der Waals surface area contributed by atoms with Crippen molar-refractivity contribution in [3.63, 3.8) is 0 Å². The number of aromatic nitrogens is 24. The van der Waals surface area contributed by atoms with Crippen molar-refractivity contribution >= 4 is 95.7 Å². The van der Waals surface area contributed by atoms with Gasteiger partial charge in [0, 0.05) is 118 Å². The number of nitrogens with zero attached hydrogens (tertiary/aromatic N) is 25. The van der Waals surface area contributed by atoms with Crippen LogP contribution in [0.5, 0.6) is 11.5 Å². The number of nitrogens with two attached hydrogens (primary N) is 4. The molecule has 1 saturated heterocycles. The van der Waals surface area contributed by atoms with Gasteiger partial charge in [0.1, 0.15) is 11.6 Å². The van der Waals surface area contributed by atoms with E-state index < -0.39 is 45.2 Å². The molecule has 696 valence electrons. The molecule has 3 aliphatic carbocycles. The third-order valence-electron chi connectivity index (χ3n) is 25.8. The summed E-state index contributed by atoms with van der Waals surface area (Å²) in [5, 5.41) is 102. The van der Waals surface area contributed by atoms with Crippen molar-refractivity contribution in [3.05, 3.63) is 172 Å². The van der Waals surface area contributed by atoms with Crippen molar-refractivity contribution in [3.8, 4) is 11.5 Å². The first-order chi connectivity index (χ1) is 62.8. The molecule has 0 amide bonds. The Balaban J connectivity index is 0.000000123. The summed E-state index contributed by atoms with van der Waals surface area (Å²) in [4.78, 5) is 38.8. The number of hydrogen-bond acceptors (Lipinski definition) is 29. The Morgan fingerprint density at radius 2 is 0.818 bits per heavy atom. The molecule has 132 heavy (non-hydrogen) atoms. The third kappa shape index (κ3) is 18.0. The quantitative estimate of drug-likeness (QED) is 0.0336. The Labute approximate surface area is 754 Å². The van der Waals surface area contributed by atoms with Gasteiger partial charge in [-0.15, -0.1) is 20.4 Å². The molecule has 1 aliphatic heterocycles. The summed E-state index contributed by atoms with van der Waals surface area (Å²) in [5.74, 6) is 1.37. The van der Waals surface area contributed by atoms with Gasteiger partial charge in [0.2, 0.25) is 23.8 Å². The first kappa shape index (κ1) is 91.0. The first-order valence-electron chi connectivity index (χ1n) is 44.6. The number of halogens is 4. The predicted molar refractivity (Wildman–Crippen MR) is 486 cm³/mol. The molecule has 4 aromatic carbocycles. The van der Waals surface area contributed by atoms with Crippen molar-refractivity contribution in [2.24, 2.45) is 0 Å². The molecule has 0 bridgehead atoms. The minimum atomic E-state index is -1.08. The van der Waals surface area contributed by atoms with Crippen LogP contribution in [-0.2, 0) is 54.8 Å². The normalized spacial score (nSPS) is 20.5. The zero-order valence-electron chi connectivity index (χ0n) is 75.6. The number of piperidine rings is 1. The molecule has 0 unspecified atom stereocenters. The number of methoxy groups -OCH3 is 2. The number of benzene rings is 4. The van der Waals surface area contributed by atoms with E-state index in [1.807, 2.05) is 53.2 Å². The van der Waals surface area contributed by atoms with E-state index in [1.165, 1.54) is 80.8 Å². The number of nitrogen functional groups attached to an aromatic ring is 4.